The Morgan fingerprint density at radius 3 is 2.31 bits per heavy atom. The van der Waals surface area contributed by atoms with Crippen LogP contribution in [-0.2, 0) is 39.8 Å². The van der Waals surface area contributed by atoms with Gasteiger partial charge in [0, 0.05) is 25.3 Å². The van der Waals surface area contributed by atoms with E-state index in [1.54, 1.807) is 32.2 Å². The highest BCUT2D eigenvalue weighted by molar-refractivity contribution is 5.93. The molecule has 0 aromatic heterocycles. The molecule has 45 heavy (non-hydrogen) atoms. The van der Waals surface area contributed by atoms with Gasteiger partial charge in [-0.25, -0.2) is 4.79 Å². The molecular weight excluding hydrogens is 576 g/mol. The standard InChI is InChI=1S/C35H44N2O8/c1-21(2)18-29-35(41)43-28(23(4)31-32(45-31)25-10-7-6-8-11-25)12-9-13-30(38)37-27(19-24-14-16-26(42-5)17-15-24)33(39)36-20-22(3)34(40)44-29/h6-11,13-17,21-23,27-29,31-32H,12,18-20H2,1-5H3,(H,36,39)(H,37,38)/b13-9+/t22-,23?,27-,28+,29+,31-,32-/m1/s1. The summed E-state index contributed by atoms with van der Waals surface area (Å²) in [5, 5.41) is 5.53. The second-order valence-corrected chi connectivity index (χ2v) is 12.2. The lowest BCUT2D eigenvalue weighted by atomic mass is 9.93. The number of carbonyl (C=O) groups is 4. The van der Waals surface area contributed by atoms with E-state index in [0.717, 1.165) is 11.1 Å². The molecule has 0 spiro atoms. The van der Waals surface area contributed by atoms with Gasteiger partial charge in [-0.1, -0.05) is 76.2 Å². The molecule has 10 nitrogen and oxygen atoms in total. The van der Waals surface area contributed by atoms with E-state index in [-0.39, 0.29) is 49.9 Å². The maximum Gasteiger partial charge on any atom is 0.347 e. The normalized spacial score (nSPS) is 27.9. The first-order chi connectivity index (χ1) is 21.5. The van der Waals surface area contributed by atoms with Gasteiger partial charge in [-0.3, -0.25) is 14.4 Å². The van der Waals surface area contributed by atoms with Crippen LogP contribution in [0.15, 0.2) is 66.7 Å². The maximum atomic E-state index is 13.5. The number of epoxide rings is 1. The van der Waals surface area contributed by atoms with Gasteiger partial charge in [0.1, 0.15) is 24.0 Å². The van der Waals surface area contributed by atoms with E-state index in [1.165, 1.54) is 6.08 Å². The van der Waals surface area contributed by atoms with E-state index in [1.807, 2.05) is 63.2 Å². The molecular formula is C35H44N2O8. The van der Waals surface area contributed by atoms with E-state index in [0.29, 0.717) is 5.75 Å². The average Bonchev–Trinajstić information content (AvgIpc) is 3.83. The number of ether oxygens (including phenoxy) is 4. The highest BCUT2D eigenvalue weighted by Gasteiger charge is 2.47. The van der Waals surface area contributed by atoms with E-state index in [9.17, 15) is 19.2 Å². The van der Waals surface area contributed by atoms with Gasteiger partial charge in [0.25, 0.3) is 0 Å². The second-order valence-electron chi connectivity index (χ2n) is 12.2. The third-order valence-corrected chi connectivity index (χ3v) is 8.09. The van der Waals surface area contributed by atoms with Crippen molar-refractivity contribution in [2.75, 3.05) is 13.7 Å². The first-order valence-electron chi connectivity index (χ1n) is 15.5. The Bertz CT molecular complexity index is 1340. The van der Waals surface area contributed by atoms with Crippen LogP contribution in [0.1, 0.15) is 57.8 Å². The molecule has 2 heterocycles. The number of amides is 2. The molecule has 1 unspecified atom stereocenters. The van der Waals surface area contributed by atoms with Gasteiger partial charge >= 0.3 is 11.9 Å². The van der Waals surface area contributed by atoms with Crippen molar-refractivity contribution in [2.24, 2.45) is 17.8 Å². The molecule has 2 aromatic carbocycles. The zero-order valence-corrected chi connectivity index (χ0v) is 26.6. The minimum Gasteiger partial charge on any atom is -0.497 e. The third kappa shape index (κ3) is 9.65. The molecule has 0 aliphatic carbocycles. The molecule has 7 atom stereocenters. The lowest BCUT2D eigenvalue weighted by molar-refractivity contribution is -0.176. The number of hydrogen-bond donors (Lipinski definition) is 2. The molecule has 0 bridgehead atoms. The fraction of sp³-hybridized carbons (Fsp3) is 0.486. The zero-order chi connectivity index (χ0) is 32.5. The number of esters is 2. The molecule has 10 heteroatoms. The SMILES string of the molecule is COc1ccc(C[C@H]2NC(=O)/C=C/C[C@@H](C(C)[C@H]3O[C@@H]3c3ccccc3)OC(=O)[C@H](CC(C)C)OC(=O)[C@H](C)CNC2=O)cc1. The van der Waals surface area contributed by atoms with E-state index in [2.05, 4.69) is 10.6 Å². The Hall–Kier alpha value is -4.18. The Balaban J connectivity index is 1.57. The Kier molecular flexibility index (Phi) is 11.8. The first kappa shape index (κ1) is 33.7. The summed E-state index contributed by atoms with van der Waals surface area (Å²) in [6.45, 7) is 7.37. The Morgan fingerprint density at radius 1 is 0.933 bits per heavy atom. The van der Waals surface area contributed by atoms with Gasteiger partial charge in [-0.2, -0.15) is 0 Å². The quantitative estimate of drug-likeness (QED) is 0.333. The molecule has 2 aliphatic heterocycles. The number of rotatable bonds is 8. The van der Waals surface area contributed by atoms with Crippen LogP contribution < -0.4 is 15.4 Å². The van der Waals surface area contributed by atoms with Crippen molar-refractivity contribution in [3.63, 3.8) is 0 Å². The molecule has 2 aliphatic rings. The highest BCUT2D eigenvalue weighted by atomic mass is 16.6. The van der Waals surface area contributed by atoms with Crippen molar-refractivity contribution in [1.29, 1.82) is 0 Å². The number of hydrogen-bond acceptors (Lipinski definition) is 8. The maximum absolute atomic E-state index is 13.5. The fourth-order valence-electron chi connectivity index (χ4n) is 5.31. The van der Waals surface area contributed by atoms with Crippen LogP contribution in [0.3, 0.4) is 0 Å². The van der Waals surface area contributed by atoms with E-state index < -0.39 is 47.9 Å². The first-order valence-corrected chi connectivity index (χ1v) is 15.5. The largest absolute Gasteiger partial charge is 0.497 e. The molecule has 0 radical (unpaired) electrons. The van der Waals surface area contributed by atoms with Crippen molar-refractivity contribution in [1.82, 2.24) is 10.6 Å². The Morgan fingerprint density at radius 2 is 1.64 bits per heavy atom. The lowest BCUT2D eigenvalue weighted by Crippen LogP contribution is -2.49. The number of carbonyl (C=O) groups excluding carboxylic acids is 4. The van der Waals surface area contributed by atoms with E-state index >= 15 is 0 Å². The number of nitrogens with one attached hydrogen (secondary N) is 2. The highest BCUT2D eigenvalue weighted by Crippen LogP contribution is 2.45. The van der Waals surface area contributed by atoms with E-state index in [4.69, 9.17) is 18.9 Å². The minimum atomic E-state index is -1.11. The van der Waals surface area contributed by atoms with Gasteiger partial charge in [-0.15, -0.1) is 0 Å². The van der Waals surface area contributed by atoms with Gasteiger partial charge in [0.05, 0.1) is 19.1 Å². The number of methoxy groups -OCH3 is 1. The zero-order valence-electron chi connectivity index (χ0n) is 26.6. The minimum absolute atomic E-state index is 0.0362. The summed E-state index contributed by atoms with van der Waals surface area (Å²) in [6.07, 6.45) is 1.61. The summed E-state index contributed by atoms with van der Waals surface area (Å²) in [4.78, 5) is 52.8. The third-order valence-electron chi connectivity index (χ3n) is 8.09. The summed E-state index contributed by atoms with van der Waals surface area (Å²) in [7, 11) is 1.57. The van der Waals surface area contributed by atoms with Crippen LogP contribution in [0.4, 0.5) is 0 Å². The summed E-state index contributed by atoms with van der Waals surface area (Å²) >= 11 is 0. The molecule has 4 rings (SSSR count). The van der Waals surface area contributed by atoms with Crippen LogP contribution in [0.5, 0.6) is 5.75 Å². The Labute approximate surface area is 264 Å². The second kappa shape index (κ2) is 15.7. The van der Waals surface area contributed by atoms with Crippen molar-refractivity contribution >= 4 is 23.8 Å². The van der Waals surface area contributed by atoms with Crippen molar-refractivity contribution < 1.29 is 38.1 Å². The van der Waals surface area contributed by atoms with Crippen LogP contribution in [0.2, 0.25) is 0 Å². The van der Waals surface area contributed by atoms with Crippen LogP contribution in [0.25, 0.3) is 0 Å². The van der Waals surface area contributed by atoms with Gasteiger partial charge in [0.2, 0.25) is 11.8 Å². The molecule has 0 saturated carbocycles. The van der Waals surface area contributed by atoms with Gasteiger partial charge in [0.15, 0.2) is 6.10 Å². The van der Waals surface area contributed by atoms with Gasteiger partial charge < -0.3 is 29.6 Å². The molecule has 2 N–H and O–H groups in total. The molecule has 242 valence electrons. The van der Waals surface area contributed by atoms with Crippen LogP contribution >= 0.6 is 0 Å². The van der Waals surface area contributed by atoms with Crippen LogP contribution in [-0.4, -0.2) is 61.8 Å². The molecule has 1 fully saturated rings. The summed E-state index contributed by atoms with van der Waals surface area (Å²) in [5.41, 5.74) is 1.85. The molecule has 2 amide bonds. The topological polar surface area (TPSA) is 133 Å². The number of benzene rings is 2. The fourth-order valence-corrected chi connectivity index (χ4v) is 5.31. The van der Waals surface area contributed by atoms with Crippen molar-refractivity contribution in [2.45, 2.75) is 77.4 Å². The van der Waals surface area contributed by atoms with Crippen LogP contribution in [0, 0.1) is 17.8 Å². The smallest absolute Gasteiger partial charge is 0.347 e. The summed E-state index contributed by atoms with van der Waals surface area (Å²) < 4.78 is 22.9. The van der Waals surface area contributed by atoms with Crippen molar-refractivity contribution in [3.05, 3.63) is 77.9 Å². The lowest BCUT2D eigenvalue weighted by Gasteiger charge is -2.27. The summed E-state index contributed by atoms with van der Waals surface area (Å²) in [6, 6.07) is 16.1. The molecule has 1 saturated heterocycles. The molecule has 2 aromatic rings. The summed E-state index contributed by atoms with van der Waals surface area (Å²) in [5.74, 6) is -2.44. The monoisotopic (exact) mass is 620 g/mol. The predicted octanol–water partition coefficient (Wildman–Crippen LogP) is 4.08. The number of cyclic esters (lactones) is 2. The van der Waals surface area contributed by atoms with Gasteiger partial charge in [-0.05, 0) is 41.7 Å². The predicted molar refractivity (Wildman–Crippen MR) is 167 cm³/mol. The van der Waals surface area contributed by atoms with Crippen molar-refractivity contribution in [3.8, 4) is 5.75 Å². The average molecular weight is 621 g/mol.